The number of benzene rings is 1. The third-order valence-electron chi connectivity index (χ3n) is 6.97. The Morgan fingerprint density at radius 1 is 1.21 bits per heavy atom. The third kappa shape index (κ3) is 4.89. The number of amides is 1. The van der Waals surface area contributed by atoms with Gasteiger partial charge in [-0.1, -0.05) is 30.3 Å². The first-order valence-electron chi connectivity index (χ1n) is 12.7. The number of nitrogens with two attached hydrogens (primary N) is 1. The molecule has 1 aliphatic rings. The number of aromatic nitrogens is 4. The number of hydrogen-bond acceptors (Lipinski definition) is 6. The van der Waals surface area contributed by atoms with E-state index >= 15 is 0 Å². The van der Waals surface area contributed by atoms with Crippen molar-refractivity contribution in [3.05, 3.63) is 85.6 Å². The standard InChI is InChI=1S/C28H31N5O4S/c1-17(2)31-15-22(27(35)33(28(31)36)13-19-8-5-4-6-9-19)26-30-23(16-38-26)24-12-21(25(29)34)18(3)32(24)14-20-10-7-11-37-20/h4-6,8-9,12,15-17,20H,7,10-11,13-14H2,1-3H3,(H2,29,34). The lowest BCUT2D eigenvalue weighted by molar-refractivity contribution is 0.0961. The van der Waals surface area contributed by atoms with Gasteiger partial charge in [0, 0.05) is 36.5 Å². The van der Waals surface area contributed by atoms with E-state index in [4.69, 9.17) is 15.5 Å². The fourth-order valence-corrected chi connectivity index (χ4v) is 5.71. The molecule has 1 aliphatic heterocycles. The van der Waals surface area contributed by atoms with Crippen LogP contribution >= 0.6 is 11.3 Å². The second-order valence-electron chi connectivity index (χ2n) is 9.88. The van der Waals surface area contributed by atoms with Crippen molar-refractivity contribution in [2.45, 2.75) is 58.8 Å². The molecule has 3 aromatic heterocycles. The predicted molar refractivity (Wildman–Crippen MR) is 148 cm³/mol. The molecule has 0 spiro atoms. The molecule has 9 nitrogen and oxygen atoms in total. The van der Waals surface area contributed by atoms with Gasteiger partial charge in [0.25, 0.3) is 11.5 Å². The van der Waals surface area contributed by atoms with E-state index in [-0.39, 0.29) is 29.9 Å². The number of carbonyl (C=O) groups is 1. The van der Waals surface area contributed by atoms with E-state index in [0.29, 0.717) is 28.4 Å². The van der Waals surface area contributed by atoms with Gasteiger partial charge >= 0.3 is 5.69 Å². The molecule has 4 aromatic rings. The van der Waals surface area contributed by atoms with Crippen LogP contribution in [-0.2, 0) is 17.8 Å². The van der Waals surface area contributed by atoms with Crippen LogP contribution in [0.5, 0.6) is 0 Å². The van der Waals surface area contributed by atoms with Gasteiger partial charge in [-0.05, 0) is 45.2 Å². The smallest absolute Gasteiger partial charge is 0.331 e. The predicted octanol–water partition coefficient (Wildman–Crippen LogP) is 3.82. The van der Waals surface area contributed by atoms with Gasteiger partial charge in [-0.3, -0.25) is 18.7 Å². The number of primary amides is 1. The van der Waals surface area contributed by atoms with Crippen molar-refractivity contribution >= 4 is 17.2 Å². The summed E-state index contributed by atoms with van der Waals surface area (Å²) in [5.74, 6) is -0.502. The maximum atomic E-state index is 13.6. The summed E-state index contributed by atoms with van der Waals surface area (Å²) in [7, 11) is 0. The minimum atomic E-state index is -0.502. The molecule has 1 atom stereocenters. The molecule has 2 N–H and O–H groups in total. The van der Waals surface area contributed by atoms with Crippen molar-refractivity contribution in [3.63, 3.8) is 0 Å². The molecule has 0 radical (unpaired) electrons. The number of carbonyl (C=O) groups excluding carboxylic acids is 1. The van der Waals surface area contributed by atoms with Gasteiger partial charge < -0.3 is 15.0 Å². The Labute approximate surface area is 224 Å². The maximum absolute atomic E-state index is 13.6. The zero-order valence-corrected chi connectivity index (χ0v) is 22.5. The van der Waals surface area contributed by atoms with Crippen molar-refractivity contribution in [2.24, 2.45) is 5.73 Å². The lowest BCUT2D eigenvalue weighted by Crippen LogP contribution is -2.41. The maximum Gasteiger partial charge on any atom is 0.331 e. The van der Waals surface area contributed by atoms with Crippen molar-refractivity contribution in [1.82, 2.24) is 18.7 Å². The Morgan fingerprint density at radius 2 is 1.97 bits per heavy atom. The van der Waals surface area contributed by atoms with E-state index in [9.17, 15) is 14.4 Å². The van der Waals surface area contributed by atoms with Crippen LogP contribution < -0.4 is 17.0 Å². The van der Waals surface area contributed by atoms with Gasteiger partial charge in [0.15, 0.2) is 0 Å². The fraction of sp³-hybridized carbons (Fsp3) is 0.357. The molecular weight excluding hydrogens is 502 g/mol. The van der Waals surface area contributed by atoms with Crippen LogP contribution in [-0.4, -0.2) is 37.3 Å². The van der Waals surface area contributed by atoms with E-state index in [1.54, 1.807) is 16.8 Å². The Hall–Kier alpha value is -3.76. The van der Waals surface area contributed by atoms with Crippen molar-refractivity contribution in [1.29, 1.82) is 0 Å². The lowest BCUT2D eigenvalue weighted by Gasteiger charge is -2.16. The van der Waals surface area contributed by atoms with Crippen LogP contribution in [0, 0.1) is 6.92 Å². The Morgan fingerprint density at radius 3 is 2.63 bits per heavy atom. The molecule has 38 heavy (non-hydrogen) atoms. The van der Waals surface area contributed by atoms with Crippen LogP contribution in [0.25, 0.3) is 22.0 Å². The molecule has 198 valence electrons. The highest BCUT2D eigenvalue weighted by atomic mass is 32.1. The van der Waals surface area contributed by atoms with Crippen LogP contribution in [0.2, 0.25) is 0 Å². The van der Waals surface area contributed by atoms with E-state index in [2.05, 4.69) is 0 Å². The van der Waals surface area contributed by atoms with Crippen LogP contribution in [0.1, 0.15) is 54.3 Å². The zero-order valence-electron chi connectivity index (χ0n) is 21.7. The second-order valence-corrected chi connectivity index (χ2v) is 10.7. The number of ether oxygens (including phenoxy) is 1. The summed E-state index contributed by atoms with van der Waals surface area (Å²) in [4.78, 5) is 43.7. The normalized spacial score (nSPS) is 15.4. The van der Waals surface area contributed by atoms with E-state index in [0.717, 1.165) is 36.4 Å². The average Bonchev–Trinajstić information content (AvgIpc) is 3.64. The lowest BCUT2D eigenvalue weighted by atomic mass is 10.2. The highest BCUT2D eigenvalue weighted by Gasteiger charge is 2.24. The van der Waals surface area contributed by atoms with Gasteiger partial charge in [-0.25, -0.2) is 9.78 Å². The highest BCUT2D eigenvalue weighted by Crippen LogP contribution is 2.31. The molecule has 0 bridgehead atoms. The molecular formula is C28H31N5O4S. The molecule has 1 aromatic carbocycles. The Kier molecular flexibility index (Phi) is 7.18. The van der Waals surface area contributed by atoms with E-state index in [1.165, 1.54) is 15.9 Å². The van der Waals surface area contributed by atoms with Crippen molar-refractivity contribution in [3.8, 4) is 22.0 Å². The summed E-state index contributed by atoms with van der Waals surface area (Å²) < 4.78 is 10.7. The van der Waals surface area contributed by atoms with Gasteiger partial charge in [0.1, 0.15) is 5.01 Å². The Balaban J connectivity index is 1.60. The summed E-state index contributed by atoms with van der Waals surface area (Å²) in [5.41, 5.74) is 8.71. The van der Waals surface area contributed by atoms with E-state index in [1.807, 2.05) is 61.1 Å². The topological polar surface area (TPSA) is 114 Å². The molecule has 0 saturated carbocycles. The minimum absolute atomic E-state index is 0.0541. The summed E-state index contributed by atoms with van der Waals surface area (Å²) >= 11 is 1.33. The van der Waals surface area contributed by atoms with Gasteiger partial charge in [-0.15, -0.1) is 11.3 Å². The molecule has 10 heteroatoms. The summed E-state index contributed by atoms with van der Waals surface area (Å²) in [5, 5.41) is 2.37. The molecule has 4 heterocycles. The number of hydrogen-bond donors (Lipinski definition) is 1. The molecule has 1 saturated heterocycles. The molecule has 0 aliphatic carbocycles. The molecule has 5 rings (SSSR count). The van der Waals surface area contributed by atoms with Crippen molar-refractivity contribution < 1.29 is 9.53 Å². The first-order valence-corrected chi connectivity index (χ1v) is 13.6. The van der Waals surface area contributed by atoms with E-state index < -0.39 is 5.91 Å². The zero-order chi connectivity index (χ0) is 27.0. The van der Waals surface area contributed by atoms with Gasteiger partial charge in [-0.2, -0.15) is 0 Å². The molecule has 1 amide bonds. The quantitative estimate of drug-likeness (QED) is 0.370. The highest BCUT2D eigenvalue weighted by molar-refractivity contribution is 7.13. The van der Waals surface area contributed by atoms with Crippen LogP contribution in [0.3, 0.4) is 0 Å². The summed E-state index contributed by atoms with van der Waals surface area (Å²) in [6.45, 7) is 7.16. The second kappa shape index (κ2) is 10.5. The summed E-state index contributed by atoms with van der Waals surface area (Å²) in [6, 6.07) is 11.0. The number of rotatable bonds is 8. The molecule has 1 fully saturated rings. The van der Waals surface area contributed by atoms with Crippen LogP contribution in [0.4, 0.5) is 0 Å². The third-order valence-corrected chi connectivity index (χ3v) is 7.85. The first kappa shape index (κ1) is 25.9. The number of nitrogens with zero attached hydrogens (tertiary/aromatic N) is 4. The molecule has 1 unspecified atom stereocenters. The Bertz CT molecular complexity index is 1590. The minimum Gasteiger partial charge on any atom is -0.376 e. The van der Waals surface area contributed by atoms with Gasteiger partial charge in [0.05, 0.1) is 35.2 Å². The van der Waals surface area contributed by atoms with Crippen LogP contribution in [0.15, 0.2) is 57.6 Å². The first-order chi connectivity index (χ1) is 18.2. The summed E-state index contributed by atoms with van der Waals surface area (Å²) in [6.07, 6.45) is 3.61. The number of thiazole rings is 1. The monoisotopic (exact) mass is 533 g/mol. The largest absolute Gasteiger partial charge is 0.376 e. The average molecular weight is 534 g/mol. The fourth-order valence-electron chi connectivity index (χ4n) is 4.89. The SMILES string of the molecule is Cc1c(C(N)=O)cc(-c2csc(-c3cn(C(C)C)c(=O)n(Cc4ccccc4)c3=O)n2)n1CC1CCCO1. The van der Waals surface area contributed by atoms with Crippen molar-refractivity contribution in [2.75, 3.05) is 6.61 Å². The van der Waals surface area contributed by atoms with Gasteiger partial charge in [0.2, 0.25) is 0 Å².